The lowest BCUT2D eigenvalue weighted by molar-refractivity contribution is 1.10. The van der Waals surface area contributed by atoms with Crippen molar-refractivity contribution in [2.75, 3.05) is 10.6 Å². The molecule has 2 aromatic carbocycles. The molecule has 1 heterocycles. The molecule has 0 aliphatic heterocycles. The van der Waals surface area contributed by atoms with E-state index in [0.29, 0.717) is 16.0 Å². The SMILES string of the molecule is Cc1ccc(NC(=S)Nc2cc(-c3ccccc3)[nH]n2)c(Cl)c1. The summed E-state index contributed by atoms with van der Waals surface area (Å²) in [5.41, 5.74) is 3.84. The van der Waals surface area contributed by atoms with E-state index in [1.807, 2.05) is 61.5 Å². The van der Waals surface area contributed by atoms with Crippen molar-refractivity contribution in [1.29, 1.82) is 0 Å². The maximum atomic E-state index is 6.19. The highest BCUT2D eigenvalue weighted by molar-refractivity contribution is 7.80. The lowest BCUT2D eigenvalue weighted by Gasteiger charge is -2.10. The van der Waals surface area contributed by atoms with Crippen LogP contribution in [0.25, 0.3) is 11.3 Å². The van der Waals surface area contributed by atoms with Crippen LogP contribution in [0, 0.1) is 6.92 Å². The maximum Gasteiger partial charge on any atom is 0.176 e. The Hall–Kier alpha value is -2.37. The Balaban J connectivity index is 1.68. The molecule has 0 bridgehead atoms. The zero-order chi connectivity index (χ0) is 16.2. The second kappa shape index (κ2) is 6.81. The van der Waals surface area contributed by atoms with E-state index in [1.165, 1.54) is 0 Å². The highest BCUT2D eigenvalue weighted by Gasteiger charge is 2.07. The van der Waals surface area contributed by atoms with Gasteiger partial charge in [0.1, 0.15) is 0 Å². The van der Waals surface area contributed by atoms with Crippen LogP contribution < -0.4 is 10.6 Å². The Kier molecular flexibility index (Phi) is 4.60. The molecule has 0 saturated carbocycles. The van der Waals surface area contributed by atoms with Gasteiger partial charge < -0.3 is 10.6 Å². The number of hydrogen-bond donors (Lipinski definition) is 3. The third kappa shape index (κ3) is 3.88. The highest BCUT2D eigenvalue weighted by atomic mass is 35.5. The fraction of sp³-hybridized carbons (Fsp3) is 0.0588. The summed E-state index contributed by atoms with van der Waals surface area (Å²) >= 11 is 11.5. The number of benzene rings is 2. The van der Waals surface area contributed by atoms with Gasteiger partial charge in [0, 0.05) is 6.07 Å². The van der Waals surface area contributed by atoms with Gasteiger partial charge in [-0.05, 0) is 42.4 Å². The van der Waals surface area contributed by atoms with Crippen LogP contribution in [-0.4, -0.2) is 15.3 Å². The monoisotopic (exact) mass is 342 g/mol. The molecule has 0 aliphatic rings. The predicted octanol–water partition coefficient (Wildman–Crippen LogP) is 4.85. The summed E-state index contributed by atoms with van der Waals surface area (Å²) in [5, 5.41) is 14.4. The van der Waals surface area contributed by atoms with Crippen LogP contribution in [0.15, 0.2) is 54.6 Å². The van der Waals surface area contributed by atoms with Gasteiger partial charge in [0.15, 0.2) is 10.9 Å². The molecule has 0 fully saturated rings. The van der Waals surface area contributed by atoms with Crippen LogP contribution in [0.1, 0.15) is 5.56 Å². The Morgan fingerprint density at radius 3 is 2.61 bits per heavy atom. The number of halogens is 1. The summed E-state index contributed by atoms with van der Waals surface area (Å²) in [5.74, 6) is 0.643. The molecule has 0 spiro atoms. The van der Waals surface area contributed by atoms with Gasteiger partial charge in [0.05, 0.1) is 16.4 Å². The number of nitrogens with zero attached hydrogens (tertiary/aromatic N) is 1. The molecule has 0 atom stereocenters. The van der Waals surface area contributed by atoms with E-state index in [2.05, 4.69) is 20.8 Å². The first-order valence-electron chi connectivity index (χ1n) is 7.07. The van der Waals surface area contributed by atoms with Crippen molar-refractivity contribution >= 4 is 40.4 Å². The molecule has 0 unspecified atom stereocenters. The molecule has 3 rings (SSSR count). The van der Waals surface area contributed by atoms with Crippen LogP contribution in [-0.2, 0) is 0 Å². The summed E-state index contributed by atoms with van der Waals surface area (Å²) in [4.78, 5) is 0. The summed E-state index contributed by atoms with van der Waals surface area (Å²) < 4.78 is 0. The smallest absolute Gasteiger partial charge is 0.176 e. The molecule has 116 valence electrons. The Labute approximate surface area is 144 Å². The van der Waals surface area contributed by atoms with Crippen LogP contribution in [0.3, 0.4) is 0 Å². The number of H-pyrrole nitrogens is 1. The number of anilines is 2. The topological polar surface area (TPSA) is 52.7 Å². The van der Waals surface area contributed by atoms with Gasteiger partial charge in [-0.3, -0.25) is 5.10 Å². The van der Waals surface area contributed by atoms with Crippen molar-refractivity contribution in [3.63, 3.8) is 0 Å². The molecule has 1 aromatic heterocycles. The van der Waals surface area contributed by atoms with Crippen molar-refractivity contribution in [1.82, 2.24) is 10.2 Å². The molecular weight excluding hydrogens is 328 g/mol. The second-order valence-corrected chi connectivity index (χ2v) is 5.91. The number of aromatic nitrogens is 2. The van der Waals surface area contributed by atoms with Crippen molar-refractivity contribution in [3.8, 4) is 11.3 Å². The number of hydrogen-bond acceptors (Lipinski definition) is 2. The van der Waals surface area contributed by atoms with E-state index in [-0.39, 0.29) is 0 Å². The van der Waals surface area contributed by atoms with Crippen LogP contribution in [0.4, 0.5) is 11.5 Å². The quantitative estimate of drug-likeness (QED) is 0.596. The molecule has 3 aromatic rings. The van der Waals surface area contributed by atoms with Gasteiger partial charge in [0.2, 0.25) is 0 Å². The Morgan fingerprint density at radius 2 is 1.87 bits per heavy atom. The minimum atomic E-state index is 0.432. The standard InChI is InChI=1S/C17H15ClN4S/c1-11-7-8-14(13(18)9-11)19-17(23)20-16-10-15(21-22-16)12-5-3-2-4-6-12/h2-10H,1H3,(H3,19,20,21,22,23). The van der Waals surface area contributed by atoms with Crippen molar-refractivity contribution in [2.24, 2.45) is 0 Å². The molecule has 3 N–H and O–H groups in total. The lowest BCUT2D eigenvalue weighted by atomic mass is 10.2. The average molecular weight is 343 g/mol. The van der Waals surface area contributed by atoms with Crippen molar-refractivity contribution in [3.05, 3.63) is 65.2 Å². The first-order chi connectivity index (χ1) is 11.1. The summed E-state index contributed by atoms with van der Waals surface area (Å²) in [6.45, 7) is 1.99. The predicted molar refractivity (Wildman–Crippen MR) is 100 cm³/mol. The van der Waals surface area contributed by atoms with Crippen LogP contribution in [0.2, 0.25) is 5.02 Å². The van der Waals surface area contributed by atoms with E-state index in [1.54, 1.807) is 0 Å². The van der Waals surface area contributed by atoms with Gasteiger partial charge in [-0.2, -0.15) is 5.10 Å². The first kappa shape index (κ1) is 15.5. The largest absolute Gasteiger partial charge is 0.331 e. The van der Waals surface area contributed by atoms with Gasteiger partial charge in [0.25, 0.3) is 0 Å². The normalized spacial score (nSPS) is 10.3. The lowest BCUT2D eigenvalue weighted by Crippen LogP contribution is -2.19. The van der Waals surface area contributed by atoms with Crippen molar-refractivity contribution < 1.29 is 0 Å². The van der Waals surface area contributed by atoms with E-state index in [4.69, 9.17) is 23.8 Å². The Bertz CT molecular complexity index is 830. The van der Waals surface area contributed by atoms with Gasteiger partial charge in [-0.1, -0.05) is 48.0 Å². The summed E-state index contributed by atoms with van der Waals surface area (Å²) in [7, 11) is 0. The number of aromatic amines is 1. The fourth-order valence-corrected chi connectivity index (χ4v) is 2.64. The molecule has 23 heavy (non-hydrogen) atoms. The second-order valence-electron chi connectivity index (χ2n) is 5.10. The summed E-state index contributed by atoms with van der Waals surface area (Å²) in [6.07, 6.45) is 0. The fourth-order valence-electron chi connectivity index (χ4n) is 2.14. The van der Waals surface area contributed by atoms with E-state index >= 15 is 0 Å². The highest BCUT2D eigenvalue weighted by Crippen LogP contribution is 2.23. The average Bonchev–Trinajstić information content (AvgIpc) is 2.99. The van der Waals surface area contributed by atoms with E-state index < -0.39 is 0 Å². The third-order valence-electron chi connectivity index (χ3n) is 3.28. The number of aryl methyl sites for hydroxylation is 1. The Morgan fingerprint density at radius 1 is 1.09 bits per heavy atom. The number of rotatable bonds is 3. The van der Waals surface area contributed by atoms with Crippen LogP contribution in [0.5, 0.6) is 0 Å². The van der Waals surface area contributed by atoms with Crippen LogP contribution >= 0.6 is 23.8 Å². The van der Waals surface area contributed by atoms with E-state index in [9.17, 15) is 0 Å². The molecule has 0 aliphatic carbocycles. The van der Waals surface area contributed by atoms with Gasteiger partial charge in [-0.25, -0.2) is 0 Å². The molecule has 0 saturated heterocycles. The zero-order valence-corrected chi connectivity index (χ0v) is 14.0. The van der Waals surface area contributed by atoms with Crippen molar-refractivity contribution in [2.45, 2.75) is 6.92 Å². The molecule has 4 nitrogen and oxygen atoms in total. The summed E-state index contributed by atoms with van der Waals surface area (Å²) in [6, 6.07) is 17.6. The van der Waals surface area contributed by atoms with E-state index in [0.717, 1.165) is 22.5 Å². The molecular formula is C17H15ClN4S. The third-order valence-corrected chi connectivity index (χ3v) is 3.79. The molecule has 0 amide bonds. The number of nitrogens with one attached hydrogen (secondary N) is 3. The van der Waals surface area contributed by atoms with Gasteiger partial charge >= 0.3 is 0 Å². The number of thiocarbonyl (C=S) groups is 1. The first-order valence-corrected chi connectivity index (χ1v) is 7.85. The maximum absolute atomic E-state index is 6.19. The minimum Gasteiger partial charge on any atom is -0.331 e. The van der Waals surface area contributed by atoms with Gasteiger partial charge in [-0.15, -0.1) is 0 Å². The molecule has 0 radical (unpaired) electrons. The minimum absolute atomic E-state index is 0.432. The zero-order valence-electron chi connectivity index (χ0n) is 12.4. The molecule has 6 heteroatoms.